The fourth-order valence-electron chi connectivity index (χ4n) is 1.31. The molecule has 1 unspecified atom stereocenters. The molecule has 0 saturated heterocycles. The lowest BCUT2D eigenvalue weighted by Crippen LogP contribution is -2.30. The Morgan fingerprint density at radius 3 is 2.47 bits per heavy atom. The Morgan fingerprint density at radius 2 is 2.00 bits per heavy atom. The zero-order valence-corrected chi connectivity index (χ0v) is 11.3. The van der Waals surface area contributed by atoms with Crippen molar-refractivity contribution in [2.24, 2.45) is 0 Å². The average Bonchev–Trinajstić information content (AvgIpc) is 2.29. The second kappa shape index (κ2) is 6.19. The molecular formula is C12H16ClNO2S. The molecule has 5 heteroatoms. The molecule has 1 N–H and O–H groups in total. The highest BCUT2D eigenvalue weighted by Gasteiger charge is 2.15. The molecule has 0 amide bonds. The second-order valence-electron chi connectivity index (χ2n) is 3.73. The number of alkyl halides is 1. The molecule has 0 spiro atoms. The minimum atomic E-state index is -3.46. The van der Waals surface area contributed by atoms with Gasteiger partial charge in [0.25, 0.3) is 0 Å². The smallest absolute Gasteiger partial charge is 0.207 e. The van der Waals surface area contributed by atoms with Gasteiger partial charge in [-0.2, -0.15) is 0 Å². The van der Waals surface area contributed by atoms with Crippen molar-refractivity contribution in [3.05, 3.63) is 42.5 Å². The van der Waals surface area contributed by atoms with Gasteiger partial charge in [0, 0.05) is 11.9 Å². The summed E-state index contributed by atoms with van der Waals surface area (Å²) in [5.41, 5.74) is 1.02. The quantitative estimate of drug-likeness (QED) is 0.639. The molecule has 0 radical (unpaired) electrons. The van der Waals surface area contributed by atoms with Crippen LogP contribution in [0.1, 0.15) is 12.5 Å². The Morgan fingerprint density at radius 1 is 1.41 bits per heavy atom. The number of sulfonamides is 1. The Bertz CT molecular complexity index is 468. The highest BCUT2D eigenvalue weighted by Crippen LogP contribution is 2.12. The van der Waals surface area contributed by atoms with Crippen LogP contribution in [0.3, 0.4) is 0 Å². The molecule has 94 valence electrons. The zero-order valence-electron chi connectivity index (χ0n) is 9.69. The van der Waals surface area contributed by atoms with Gasteiger partial charge in [-0.1, -0.05) is 18.2 Å². The highest BCUT2D eigenvalue weighted by molar-refractivity contribution is 7.89. The lowest BCUT2D eigenvalue weighted by atomic mass is 10.2. The summed E-state index contributed by atoms with van der Waals surface area (Å²) in [6, 6.07) is 6.42. The van der Waals surface area contributed by atoms with Gasteiger partial charge in [-0.25, -0.2) is 13.1 Å². The van der Waals surface area contributed by atoms with Crippen LogP contribution in [0.25, 0.3) is 0 Å². The van der Waals surface area contributed by atoms with Crippen molar-refractivity contribution in [3.8, 4) is 0 Å². The molecule has 0 aliphatic rings. The molecule has 1 aromatic rings. The summed E-state index contributed by atoms with van der Waals surface area (Å²) < 4.78 is 26.3. The van der Waals surface area contributed by atoms with Gasteiger partial charge in [-0.3, -0.25) is 0 Å². The predicted molar refractivity (Wildman–Crippen MR) is 70.8 cm³/mol. The lowest BCUT2D eigenvalue weighted by Gasteiger charge is -2.10. The molecule has 17 heavy (non-hydrogen) atoms. The van der Waals surface area contributed by atoms with E-state index in [1.807, 2.05) is 0 Å². The number of nitrogens with one attached hydrogen (secondary N) is 1. The third-order valence-corrected chi connectivity index (χ3v) is 4.08. The molecule has 1 aromatic carbocycles. The normalized spacial score (nSPS) is 13.3. The maximum atomic E-state index is 11.9. The van der Waals surface area contributed by atoms with Gasteiger partial charge < -0.3 is 0 Å². The fraction of sp³-hybridized carbons (Fsp3) is 0.333. The highest BCUT2D eigenvalue weighted by atomic mass is 35.5. The number of rotatable bonds is 6. The van der Waals surface area contributed by atoms with E-state index >= 15 is 0 Å². The van der Waals surface area contributed by atoms with Gasteiger partial charge in [0.2, 0.25) is 10.0 Å². The van der Waals surface area contributed by atoms with Crippen molar-refractivity contribution in [3.63, 3.8) is 0 Å². The largest absolute Gasteiger partial charge is 0.241 e. The topological polar surface area (TPSA) is 46.2 Å². The van der Waals surface area contributed by atoms with E-state index in [1.165, 1.54) is 0 Å². The minimum absolute atomic E-state index is 0.254. The Balaban J connectivity index is 2.88. The summed E-state index contributed by atoms with van der Waals surface area (Å²) in [5.74, 6) is 0.526. The summed E-state index contributed by atoms with van der Waals surface area (Å²) >= 11 is 5.61. The molecule has 3 nitrogen and oxygen atoms in total. The van der Waals surface area contributed by atoms with Crippen molar-refractivity contribution < 1.29 is 8.42 Å². The second-order valence-corrected chi connectivity index (χ2v) is 5.82. The Labute approximate surface area is 108 Å². The van der Waals surface area contributed by atoms with E-state index in [1.54, 1.807) is 37.3 Å². The Kier molecular flexibility index (Phi) is 5.18. The summed E-state index contributed by atoms with van der Waals surface area (Å²) in [6.45, 7) is 5.26. The lowest BCUT2D eigenvalue weighted by molar-refractivity contribution is 0.576. The first-order chi connectivity index (χ1) is 7.99. The Hall–Kier alpha value is -0.840. The van der Waals surface area contributed by atoms with E-state index in [-0.39, 0.29) is 10.9 Å². The van der Waals surface area contributed by atoms with Crippen molar-refractivity contribution in [1.29, 1.82) is 0 Å². The summed E-state index contributed by atoms with van der Waals surface area (Å²) in [7, 11) is -3.46. The maximum Gasteiger partial charge on any atom is 0.241 e. The molecule has 0 aromatic heterocycles. The van der Waals surface area contributed by atoms with Gasteiger partial charge in [0.15, 0.2) is 0 Å². The number of aryl methyl sites for hydroxylation is 1. The van der Waals surface area contributed by atoms with Gasteiger partial charge in [0.05, 0.1) is 4.90 Å². The van der Waals surface area contributed by atoms with E-state index in [0.29, 0.717) is 5.88 Å². The van der Waals surface area contributed by atoms with E-state index in [2.05, 4.69) is 11.3 Å². The van der Waals surface area contributed by atoms with Crippen LogP contribution in [0.4, 0.5) is 0 Å². The minimum Gasteiger partial charge on any atom is -0.207 e. The van der Waals surface area contributed by atoms with E-state index < -0.39 is 10.0 Å². The van der Waals surface area contributed by atoms with Gasteiger partial charge in [0.1, 0.15) is 0 Å². The van der Waals surface area contributed by atoms with Crippen LogP contribution in [0.15, 0.2) is 41.8 Å². The van der Waals surface area contributed by atoms with Gasteiger partial charge >= 0.3 is 0 Å². The van der Waals surface area contributed by atoms with Crippen LogP contribution in [-0.2, 0) is 16.4 Å². The average molecular weight is 274 g/mol. The molecule has 0 aliphatic heterocycles. The molecule has 0 bridgehead atoms. The SMILES string of the molecule is C=CC(C)NS(=O)(=O)c1ccc(CCCl)cc1. The van der Waals surface area contributed by atoms with E-state index in [9.17, 15) is 8.42 Å². The summed E-state index contributed by atoms with van der Waals surface area (Å²) in [5, 5.41) is 0. The molecule has 0 heterocycles. The van der Waals surface area contributed by atoms with Crippen LogP contribution >= 0.6 is 11.6 Å². The monoisotopic (exact) mass is 273 g/mol. The van der Waals surface area contributed by atoms with Gasteiger partial charge in [-0.15, -0.1) is 18.2 Å². The standard InChI is InChI=1S/C12H16ClNO2S/c1-3-10(2)14-17(15,16)12-6-4-11(5-7-12)8-9-13/h3-7,10,14H,1,8-9H2,2H3. The van der Waals surface area contributed by atoms with E-state index in [4.69, 9.17) is 11.6 Å². The molecule has 1 atom stereocenters. The van der Waals surface area contributed by atoms with Crippen molar-refractivity contribution in [1.82, 2.24) is 4.72 Å². The number of benzene rings is 1. The maximum absolute atomic E-state index is 11.9. The molecule has 1 rings (SSSR count). The number of hydrogen-bond acceptors (Lipinski definition) is 2. The zero-order chi connectivity index (χ0) is 12.9. The third-order valence-electron chi connectivity index (χ3n) is 2.31. The first-order valence-electron chi connectivity index (χ1n) is 5.29. The fourth-order valence-corrected chi connectivity index (χ4v) is 2.74. The van der Waals surface area contributed by atoms with Crippen LogP contribution < -0.4 is 4.72 Å². The molecule has 0 saturated carbocycles. The number of hydrogen-bond donors (Lipinski definition) is 1. The summed E-state index contributed by atoms with van der Waals surface area (Å²) in [4.78, 5) is 0.254. The predicted octanol–water partition coefficient (Wildman–Crippen LogP) is 2.32. The van der Waals surface area contributed by atoms with Crippen molar-refractivity contribution >= 4 is 21.6 Å². The van der Waals surface area contributed by atoms with Crippen LogP contribution in [0.2, 0.25) is 0 Å². The van der Waals surface area contributed by atoms with Crippen molar-refractivity contribution in [2.45, 2.75) is 24.3 Å². The van der Waals surface area contributed by atoms with Crippen LogP contribution in [0, 0.1) is 0 Å². The van der Waals surface area contributed by atoms with Crippen molar-refractivity contribution in [2.75, 3.05) is 5.88 Å². The third kappa shape index (κ3) is 4.15. The molecule has 0 fully saturated rings. The molecule has 0 aliphatic carbocycles. The summed E-state index contributed by atoms with van der Waals surface area (Å²) in [6.07, 6.45) is 2.28. The number of halogens is 1. The molecular weight excluding hydrogens is 258 g/mol. The van der Waals surface area contributed by atoms with Crippen LogP contribution in [0.5, 0.6) is 0 Å². The first kappa shape index (κ1) is 14.2. The van der Waals surface area contributed by atoms with Crippen LogP contribution in [-0.4, -0.2) is 20.3 Å². The van der Waals surface area contributed by atoms with Gasteiger partial charge in [-0.05, 0) is 31.0 Å². The first-order valence-corrected chi connectivity index (χ1v) is 7.31. The van der Waals surface area contributed by atoms with E-state index in [0.717, 1.165) is 12.0 Å².